The maximum absolute atomic E-state index is 13.3. The number of aromatic nitrogens is 2. The van der Waals surface area contributed by atoms with Crippen molar-refractivity contribution < 1.29 is 15.0 Å². The van der Waals surface area contributed by atoms with E-state index in [1.807, 2.05) is 18.2 Å². The third kappa shape index (κ3) is 4.17. The monoisotopic (exact) mass is 543 g/mol. The molecule has 2 heterocycles. The van der Waals surface area contributed by atoms with E-state index in [2.05, 4.69) is 59.0 Å². The normalized spacial score (nSPS) is 18.2. The lowest BCUT2D eigenvalue weighted by Gasteiger charge is -2.27. The molecule has 0 bridgehead atoms. The molecule has 7 nitrogen and oxygen atoms in total. The van der Waals surface area contributed by atoms with Gasteiger partial charge in [0, 0.05) is 23.3 Å². The van der Waals surface area contributed by atoms with Gasteiger partial charge in [-0.05, 0) is 101 Å². The lowest BCUT2D eigenvalue weighted by molar-refractivity contribution is 0.0697. The summed E-state index contributed by atoms with van der Waals surface area (Å²) in [7, 11) is 0. The Morgan fingerprint density at radius 1 is 0.951 bits per heavy atom. The minimum absolute atomic E-state index is 0.0341. The number of nitrogens with one attached hydrogen (secondary N) is 1. The number of aliphatic hydroxyl groups excluding tert-OH is 1. The fraction of sp³-hybridized carbons (Fsp3) is 0.176. The van der Waals surface area contributed by atoms with Crippen molar-refractivity contribution in [2.75, 3.05) is 4.90 Å². The third-order valence-corrected chi connectivity index (χ3v) is 8.56. The summed E-state index contributed by atoms with van der Waals surface area (Å²) in [4.78, 5) is 27.0. The van der Waals surface area contributed by atoms with Crippen LogP contribution in [0, 0.1) is 0 Å². The molecule has 7 heteroatoms. The Hall–Kier alpha value is -4.88. The number of anilines is 2. The van der Waals surface area contributed by atoms with E-state index in [1.54, 1.807) is 12.1 Å². The van der Waals surface area contributed by atoms with Crippen molar-refractivity contribution in [2.24, 2.45) is 0 Å². The molecule has 3 N–H and O–H groups in total. The van der Waals surface area contributed by atoms with Gasteiger partial charge in [0.25, 0.3) is 5.56 Å². The van der Waals surface area contributed by atoms with Crippen molar-refractivity contribution in [3.8, 4) is 5.69 Å². The molecule has 204 valence electrons. The van der Waals surface area contributed by atoms with Crippen LogP contribution < -0.4 is 21.0 Å². The van der Waals surface area contributed by atoms with Crippen LogP contribution in [-0.2, 0) is 6.61 Å². The minimum Gasteiger partial charge on any atom is -0.478 e. The highest BCUT2D eigenvalue weighted by molar-refractivity contribution is 5.89. The zero-order valence-corrected chi connectivity index (χ0v) is 22.4. The van der Waals surface area contributed by atoms with Crippen molar-refractivity contribution in [2.45, 2.75) is 37.8 Å². The number of aliphatic hydroxyl groups is 1. The van der Waals surface area contributed by atoms with Gasteiger partial charge in [-0.2, -0.15) is 0 Å². The largest absolute Gasteiger partial charge is 0.478 e. The third-order valence-electron chi connectivity index (χ3n) is 8.56. The van der Waals surface area contributed by atoms with E-state index < -0.39 is 5.97 Å². The molecule has 0 amide bonds. The smallest absolute Gasteiger partial charge is 0.335 e. The first kappa shape index (κ1) is 25.1. The summed E-state index contributed by atoms with van der Waals surface area (Å²) in [5, 5.41) is 25.0. The predicted molar refractivity (Wildman–Crippen MR) is 161 cm³/mol. The number of fused-ring (bicyclic) bond motifs is 4. The summed E-state index contributed by atoms with van der Waals surface area (Å²) >= 11 is 0. The maximum atomic E-state index is 13.3. The highest BCUT2D eigenvalue weighted by atomic mass is 16.4. The number of H-pyrrole nitrogens is 1. The van der Waals surface area contributed by atoms with Crippen LogP contribution in [0.1, 0.15) is 52.2 Å². The molecule has 2 unspecified atom stereocenters. The van der Waals surface area contributed by atoms with E-state index in [4.69, 9.17) is 0 Å². The molecule has 5 aromatic rings. The molecule has 1 aliphatic carbocycles. The fourth-order valence-corrected chi connectivity index (χ4v) is 6.58. The van der Waals surface area contributed by atoms with E-state index in [0.717, 1.165) is 34.7 Å². The number of carboxylic acid groups (broad SMARTS) is 1. The molecule has 2 atom stereocenters. The summed E-state index contributed by atoms with van der Waals surface area (Å²) in [6.45, 7) is 4.09. The Morgan fingerprint density at radius 2 is 1.71 bits per heavy atom. The van der Waals surface area contributed by atoms with E-state index in [1.165, 1.54) is 40.2 Å². The lowest BCUT2D eigenvalue weighted by atomic mass is 9.96. The van der Waals surface area contributed by atoms with Crippen LogP contribution >= 0.6 is 0 Å². The summed E-state index contributed by atoms with van der Waals surface area (Å²) < 4.78 is 1.39. The van der Waals surface area contributed by atoms with Crippen LogP contribution in [0.4, 0.5) is 11.4 Å². The second-order valence-electron chi connectivity index (χ2n) is 11.0. The Balaban J connectivity index is 1.27. The molecule has 2 aliphatic rings. The van der Waals surface area contributed by atoms with Gasteiger partial charge in [-0.1, -0.05) is 37.3 Å². The number of hydrogen-bond donors (Lipinski definition) is 3. The molecular formula is C34H29N3O4. The van der Waals surface area contributed by atoms with Crippen molar-refractivity contribution in [1.82, 2.24) is 9.78 Å². The predicted octanol–water partition coefficient (Wildman–Crippen LogP) is 4.54. The average molecular weight is 544 g/mol. The Bertz CT molecular complexity index is 2010. The topological polar surface area (TPSA) is 98.6 Å². The highest BCUT2D eigenvalue weighted by Gasteiger charge is 2.42. The fourth-order valence-electron chi connectivity index (χ4n) is 6.58. The van der Waals surface area contributed by atoms with Crippen molar-refractivity contribution in [3.63, 3.8) is 0 Å². The number of aromatic carboxylic acids is 1. The highest BCUT2D eigenvalue weighted by Crippen LogP contribution is 2.52. The lowest BCUT2D eigenvalue weighted by Crippen LogP contribution is -2.33. The SMILES string of the molecule is C=c1[nH]n(-c2ccc(C(=O)O)cc2)c(=O)/c1=C\c1ccc2c(c1)C1CCCC1N2c1ccc2cc(CO)ccc2c1. The molecule has 41 heavy (non-hydrogen) atoms. The maximum Gasteiger partial charge on any atom is 0.335 e. The minimum atomic E-state index is -1.01. The summed E-state index contributed by atoms with van der Waals surface area (Å²) in [6.07, 6.45) is 5.32. The molecule has 0 spiro atoms. The molecule has 1 aliphatic heterocycles. The van der Waals surface area contributed by atoms with Crippen LogP contribution in [0.2, 0.25) is 0 Å². The van der Waals surface area contributed by atoms with Gasteiger partial charge in [-0.3, -0.25) is 9.89 Å². The zero-order chi connectivity index (χ0) is 28.2. The number of carboxylic acids is 1. The van der Waals surface area contributed by atoms with Gasteiger partial charge in [-0.25, -0.2) is 9.48 Å². The van der Waals surface area contributed by atoms with E-state index in [9.17, 15) is 19.8 Å². The number of hydrogen-bond acceptors (Lipinski definition) is 4. The molecule has 1 aromatic heterocycles. The molecule has 0 radical (unpaired) electrons. The number of nitrogens with zero attached hydrogens (tertiary/aromatic N) is 2. The molecule has 0 saturated heterocycles. The first-order valence-corrected chi connectivity index (χ1v) is 13.8. The number of benzene rings is 4. The Kier molecular flexibility index (Phi) is 5.91. The van der Waals surface area contributed by atoms with Gasteiger partial charge in [-0.15, -0.1) is 0 Å². The Morgan fingerprint density at radius 3 is 2.49 bits per heavy atom. The second kappa shape index (κ2) is 9.64. The number of carbonyl (C=O) groups is 1. The standard InChI is InChI=1S/C34H29N3O4/c1-20-29(33(39)37(35-20)26-11-8-23(9-12-26)34(40)41)16-21-6-14-32-30(17-21)28-3-2-4-31(28)36(32)27-13-10-24-15-22(19-38)5-7-25(24)18-27/h5-18,28,31,35,38H,1-4,19H2,(H,40,41)/b29-16-. The number of aromatic amines is 1. The van der Waals surface area contributed by atoms with Gasteiger partial charge < -0.3 is 15.1 Å². The number of rotatable bonds is 5. The van der Waals surface area contributed by atoms with Crippen LogP contribution in [-0.4, -0.2) is 32.0 Å². The van der Waals surface area contributed by atoms with Gasteiger partial charge in [0.2, 0.25) is 0 Å². The molecule has 1 saturated carbocycles. The average Bonchev–Trinajstić information content (AvgIpc) is 3.66. The van der Waals surface area contributed by atoms with Crippen molar-refractivity contribution in [1.29, 1.82) is 0 Å². The van der Waals surface area contributed by atoms with Crippen molar-refractivity contribution >= 4 is 40.8 Å². The summed E-state index contributed by atoms with van der Waals surface area (Å²) in [6, 6.07) is 25.6. The van der Waals surface area contributed by atoms with Crippen LogP contribution in [0.15, 0.2) is 83.7 Å². The molecule has 1 fully saturated rings. The van der Waals surface area contributed by atoms with Gasteiger partial charge in [0.15, 0.2) is 0 Å². The van der Waals surface area contributed by atoms with Crippen molar-refractivity contribution in [3.05, 3.63) is 122 Å². The second-order valence-corrected chi connectivity index (χ2v) is 11.0. The van der Waals surface area contributed by atoms with Crippen LogP contribution in [0.25, 0.3) is 29.1 Å². The molecule has 7 rings (SSSR count). The van der Waals surface area contributed by atoms with Gasteiger partial charge in [0.05, 0.1) is 28.4 Å². The summed E-state index contributed by atoms with van der Waals surface area (Å²) in [5.41, 5.74) is 6.01. The first-order chi connectivity index (χ1) is 19.9. The first-order valence-electron chi connectivity index (χ1n) is 13.8. The Labute approximate surface area is 235 Å². The van der Waals surface area contributed by atoms with Crippen LogP contribution in [0.3, 0.4) is 0 Å². The van der Waals surface area contributed by atoms with E-state index in [-0.39, 0.29) is 17.7 Å². The molecule has 4 aromatic carbocycles. The van der Waals surface area contributed by atoms with E-state index >= 15 is 0 Å². The van der Waals surface area contributed by atoms with Gasteiger partial charge in [0.1, 0.15) is 0 Å². The zero-order valence-electron chi connectivity index (χ0n) is 22.4. The van der Waals surface area contributed by atoms with E-state index in [0.29, 0.717) is 28.2 Å². The quantitative estimate of drug-likeness (QED) is 0.303. The molecular weight excluding hydrogens is 514 g/mol. The van der Waals surface area contributed by atoms with Crippen LogP contribution in [0.5, 0.6) is 0 Å². The van der Waals surface area contributed by atoms with Gasteiger partial charge >= 0.3 is 5.97 Å². The summed E-state index contributed by atoms with van der Waals surface area (Å²) in [5.74, 6) is -0.583.